The Morgan fingerprint density at radius 3 is 2.53 bits per heavy atom. The molecule has 0 spiro atoms. The average Bonchev–Trinajstić information content (AvgIpc) is 3.04. The topological polar surface area (TPSA) is 125 Å². The van der Waals surface area contributed by atoms with Crippen LogP contribution in [-0.4, -0.2) is 81.6 Å². The lowest BCUT2D eigenvalue weighted by Crippen LogP contribution is -2.41. The largest absolute Gasteiger partial charge is 0.483 e. The summed E-state index contributed by atoms with van der Waals surface area (Å²) in [5.74, 6) is -0.0821. The highest BCUT2D eigenvalue weighted by molar-refractivity contribution is 5.94. The van der Waals surface area contributed by atoms with E-state index in [1.54, 1.807) is 16.5 Å². The van der Waals surface area contributed by atoms with Crippen molar-refractivity contribution in [2.24, 2.45) is 7.05 Å². The zero-order valence-electron chi connectivity index (χ0n) is 17.9. The van der Waals surface area contributed by atoms with E-state index < -0.39 is 0 Å². The summed E-state index contributed by atoms with van der Waals surface area (Å²) in [4.78, 5) is 49.0. The number of rotatable bonds is 0. The Morgan fingerprint density at radius 2 is 1.87 bits per heavy atom. The number of nitrogens with one attached hydrogen (secondary N) is 1. The number of aromatic nitrogens is 2. The Kier molecular flexibility index (Phi) is 8.37. The Morgan fingerprint density at radius 1 is 1.20 bits per heavy atom. The Labute approximate surface area is 176 Å². The SMILES string of the molecule is CC(=O)N1CCCNC(=O)c2nn(C)c3c2CC(CC3)N(C)C(=O)CCC1.O=CO. The summed E-state index contributed by atoms with van der Waals surface area (Å²) in [6.45, 7) is 2.93. The summed E-state index contributed by atoms with van der Waals surface area (Å²) in [6, 6.07) is 0.0785. The summed E-state index contributed by atoms with van der Waals surface area (Å²) in [5, 5.41) is 14.3. The third kappa shape index (κ3) is 5.58. The van der Waals surface area contributed by atoms with E-state index in [0.29, 0.717) is 51.0 Å². The van der Waals surface area contributed by atoms with Crippen LogP contribution in [-0.2, 0) is 34.3 Å². The lowest BCUT2D eigenvalue weighted by molar-refractivity contribution is -0.133. The zero-order valence-corrected chi connectivity index (χ0v) is 17.9. The molecule has 30 heavy (non-hydrogen) atoms. The Bertz CT molecular complexity index is 791. The maximum atomic E-state index is 12.7. The summed E-state index contributed by atoms with van der Waals surface area (Å²) in [5.41, 5.74) is 2.52. The summed E-state index contributed by atoms with van der Waals surface area (Å²) < 4.78 is 1.79. The van der Waals surface area contributed by atoms with Crippen LogP contribution in [0.3, 0.4) is 0 Å². The molecule has 0 aromatic carbocycles. The molecule has 0 saturated carbocycles. The minimum absolute atomic E-state index is 0.00102. The number of aryl methyl sites for hydroxylation is 1. The number of carbonyl (C=O) groups is 4. The molecule has 2 aliphatic rings. The fourth-order valence-electron chi connectivity index (χ4n) is 4.07. The standard InChI is InChI=1S/C19H29N5O3.CH2O2/c1-13(25)24-10-4-6-17(26)22(2)14-7-8-16-15(12-14)18(21-23(16)3)19(27)20-9-5-11-24;2-1-3/h14H,4-12H2,1-3H3,(H,20,27);1H,(H,2,3). The van der Waals surface area contributed by atoms with Crippen LogP contribution in [0.4, 0.5) is 0 Å². The van der Waals surface area contributed by atoms with Crippen LogP contribution in [0.5, 0.6) is 0 Å². The first kappa shape index (κ1) is 23.4. The minimum atomic E-state index is -0.250. The van der Waals surface area contributed by atoms with Gasteiger partial charge in [0.15, 0.2) is 5.69 Å². The lowest BCUT2D eigenvalue weighted by atomic mass is 9.90. The smallest absolute Gasteiger partial charge is 0.290 e. The van der Waals surface area contributed by atoms with Crippen molar-refractivity contribution in [1.29, 1.82) is 0 Å². The molecule has 10 nitrogen and oxygen atoms in total. The fraction of sp³-hybridized carbons (Fsp3) is 0.650. The third-order valence-corrected chi connectivity index (χ3v) is 5.74. The number of hydrogen-bond acceptors (Lipinski definition) is 5. The monoisotopic (exact) mass is 421 g/mol. The van der Waals surface area contributed by atoms with Gasteiger partial charge in [0.25, 0.3) is 12.4 Å². The van der Waals surface area contributed by atoms with Gasteiger partial charge in [-0.3, -0.25) is 23.9 Å². The number of nitrogens with zero attached hydrogens (tertiary/aromatic N) is 4. The first-order chi connectivity index (χ1) is 14.3. The molecule has 2 N–H and O–H groups in total. The van der Waals surface area contributed by atoms with E-state index in [0.717, 1.165) is 24.1 Å². The van der Waals surface area contributed by atoms with Crippen molar-refractivity contribution < 1.29 is 24.3 Å². The third-order valence-electron chi connectivity index (χ3n) is 5.74. The molecule has 10 heteroatoms. The molecule has 3 amide bonds. The molecule has 0 fully saturated rings. The van der Waals surface area contributed by atoms with Crippen molar-refractivity contribution in [3.8, 4) is 0 Å². The first-order valence-corrected chi connectivity index (χ1v) is 10.2. The molecule has 1 aliphatic heterocycles. The molecule has 0 radical (unpaired) electrons. The van der Waals surface area contributed by atoms with Crippen LogP contribution in [0, 0.1) is 0 Å². The maximum absolute atomic E-state index is 12.7. The van der Waals surface area contributed by atoms with E-state index in [4.69, 9.17) is 9.90 Å². The van der Waals surface area contributed by atoms with Gasteiger partial charge in [-0.25, -0.2) is 0 Å². The van der Waals surface area contributed by atoms with Crippen molar-refractivity contribution in [3.05, 3.63) is 17.0 Å². The number of carbonyl (C=O) groups excluding carboxylic acids is 3. The van der Waals surface area contributed by atoms with Crippen LogP contribution in [0.1, 0.15) is 54.4 Å². The van der Waals surface area contributed by atoms with Crippen molar-refractivity contribution in [2.75, 3.05) is 26.7 Å². The van der Waals surface area contributed by atoms with Crippen molar-refractivity contribution in [2.45, 2.75) is 51.5 Å². The van der Waals surface area contributed by atoms with Gasteiger partial charge in [0, 0.05) is 64.4 Å². The predicted octanol–water partition coefficient (Wildman–Crippen LogP) is 0.199. The highest BCUT2D eigenvalue weighted by Gasteiger charge is 2.31. The summed E-state index contributed by atoms with van der Waals surface area (Å²) in [7, 11) is 3.71. The molecule has 1 aliphatic carbocycles. The molecule has 3 rings (SSSR count). The number of hydrogen-bond donors (Lipinski definition) is 2. The van der Waals surface area contributed by atoms with E-state index in [2.05, 4.69) is 10.4 Å². The molecule has 1 unspecified atom stereocenters. The van der Waals surface area contributed by atoms with Crippen molar-refractivity contribution in [1.82, 2.24) is 24.9 Å². The van der Waals surface area contributed by atoms with E-state index in [-0.39, 0.29) is 30.2 Å². The minimum Gasteiger partial charge on any atom is -0.483 e. The van der Waals surface area contributed by atoms with E-state index in [1.165, 1.54) is 0 Å². The van der Waals surface area contributed by atoms with Crippen LogP contribution >= 0.6 is 0 Å². The molecule has 1 atom stereocenters. The van der Waals surface area contributed by atoms with Gasteiger partial charge in [-0.15, -0.1) is 0 Å². The van der Waals surface area contributed by atoms with E-state index in [9.17, 15) is 14.4 Å². The van der Waals surface area contributed by atoms with Gasteiger partial charge in [-0.2, -0.15) is 5.10 Å². The molecule has 1 aromatic rings. The quantitative estimate of drug-likeness (QED) is 0.577. The number of carboxylic acid groups (broad SMARTS) is 1. The van der Waals surface area contributed by atoms with Crippen molar-refractivity contribution in [3.63, 3.8) is 0 Å². The summed E-state index contributed by atoms with van der Waals surface area (Å²) >= 11 is 0. The van der Waals surface area contributed by atoms with Gasteiger partial charge in [-0.05, 0) is 32.1 Å². The highest BCUT2D eigenvalue weighted by Crippen LogP contribution is 2.27. The lowest BCUT2D eigenvalue weighted by Gasteiger charge is -2.32. The molecule has 166 valence electrons. The van der Waals surface area contributed by atoms with Crippen LogP contribution in [0.25, 0.3) is 0 Å². The van der Waals surface area contributed by atoms with Gasteiger partial charge in [0.05, 0.1) is 0 Å². The molecule has 2 bridgehead atoms. The normalized spacial score (nSPS) is 20.3. The Balaban J connectivity index is 0.00000101. The van der Waals surface area contributed by atoms with E-state index >= 15 is 0 Å². The fourth-order valence-corrected chi connectivity index (χ4v) is 4.07. The maximum Gasteiger partial charge on any atom is 0.290 e. The van der Waals surface area contributed by atoms with Crippen LogP contribution in [0.15, 0.2) is 0 Å². The second-order valence-corrected chi connectivity index (χ2v) is 7.62. The van der Waals surface area contributed by atoms with Crippen LogP contribution < -0.4 is 5.32 Å². The number of amides is 3. The molecular formula is C20H31N5O5. The highest BCUT2D eigenvalue weighted by atomic mass is 16.3. The second kappa shape index (κ2) is 10.7. The zero-order chi connectivity index (χ0) is 22.3. The second-order valence-electron chi connectivity index (χ2n) is 7.62. The molecular weight excluding hydrogens is 390 g/mol. The van der Waals surface area contributed by atoms with Crippen molar-refractivity contribution >= 4 is 24.2 Å². The van der Waals surface area contributed by atoms with E-state index in [1.807, 2.05) is 19.0 Å². The molecule has 1 aromatic heterocycles. The average molecular weight is 421 g/mol. The first-order valence-electron chi connectivity index (χ1n) is 10.2. The summed E-state index contributed by atoms with van der Waals surface area (Å²) in [6.07, 6.45) is 4.11. The van der Waals surface area contributed by atoms with Gasteiger partial charge < -0.3 is 20.2 Å². The predicted molar refractivity (Wildman–Crippen MR) is 109 cm³/mol. The molecule has 2 heterocycles. The van der Waals surface area contributed by atoms with Crippen LogP contribution in [0.2, 0.25) is 0 Å². The van der Waals surface area contributed by atoms with Gasteiger partial charge in [0.2, 0.25) is 11.8 Å². The Hall–Kier alpha value is -2.91. The number of likely N-dealkylation sites (N-methyl/N-ethyl adjacent to an activating group) is 1. The molecule has 0 saturated heterocycles. The van der Waals surface area contributed by atoms with Gasteiger partial charge in [0.1, 0.15) is 0 Å². The van der Waals surface area contributed by atoms with Gasteiger partial charge in [-0.1, -0.05) is 0 Å². The number of fused-ring (bicyclic) bond motifs is 1. The van der Waals surface area contributed by atoms with Gasteiger partial charge >= 0.3 is 0 Å².